The van der Waals surface area contributed by atoms with Crippen LogP contribution in [0.4, 0.5) is 0 Å². The SMILES string of the molecule is O=C(NCc1cccc2ccccc12)C1CCCN(S(=O)(=O)c2ccccc2Cl)C1. The van der Waals surface area contributed by atoms with E-state index < -0.39 is 10.0 Å². The molecule has 30 heavy (non-hydrogen) atoms. The molecule has 156 valence electrons. The number of amides is 1. The number of nitrogens with zero attached hydrogens (tertiary/aromatic N) is 1. The van der Waals surface area contributed by atoms with Crippen molar-refractivity contribution in [2.75, 3.05) is 13.1 Å². The second kappa shape index (κ2) is 8.76. The first kappa shape index (κ1) is 20.8. The fourth-order valence-corrected chi connectivity index (χ4v) is 5.96. The minimum Gasteiger partial charge on any atom is -0.352 e. The van der Waals surface area contributed by atoms with Crippen LogP contribution in [0, 0.1) is 5.92 Å². The van der Waals surface area contributed by atoms with Crippen molar-refractivity contribution in [3.8, 4) is 0 Å². The van der Waals surface area contributed by atoms with Crippen molar-refractivity contribution >= 4 is 38.3 Å². The molecule has 1 aliphatic heterocycles. The van der Waals surface area contributed by atoms with Gasteiger partial charge in [-0.2, -0.15) is 4.31 Å². The zero-order valence-electron chi connectivity index (χ0n) is 16.4. The summed E-state index contributed by atoms with van der Waals surface area (Å²) in [6.45, 7) is 0.962. The summed E-state index contributed by atoms with van der Waals surface area (Å²) in [4.78, 5) is 12.9. The lowest BCUT2D eigenvalue weighted by atomic mass is 9.98. The number of sulfonamides is 1. The normalized spacial score (nSPS) is 17.7. The van der Waals surface area contributed by atoms with E-state index in [1.165, 1.54) is 10.4 Å². The highest BCUT2D eigenvalue weighted by atomic mass is 35.5. The molecule has 0 saturated carbocycles. The lowest BCUT2D eigenvalue weighted by Crippen LogP contribution is -2.45. The van der Waals surface area contributed by atoms with Gasteiger partial charge in [-0.15, -0.1) is 0 Å². The molecule has 1 heterocycles. The molecule has 5 nitrogen and oxygen atoms in total. The molecule has 0 bridgehead atoms. The van der Waals surface area contributed by atoms with Gasteiger partial charge >= 0.3 is 0 Å². The Morgan fingerprint density at radius 3 is 2.60 bits per heavy atom. The number of hydrogen-bond donors (Lipinski definition) is 1. The van der Waals surface area contributed by atoms with Gasteiger partial charge in [0, 0.05) is 19.6 Å². The number of fused-ring (bicyclic) bond motifs is 1. The number of piperidine rings is 1. The van der Waals surface area contributed by atoms with E-state index in [0.717, 1.165) is 16.3 Å². The van der Waals surface area contributed by atoms with Gasteiger partial charge in [0.05, 0.1) is 10.9 Å². The molecule has 7 heteroatoms. The van der Waals surface area contributed by atoms with E-state index in [9.17, 15) is 13.2 Å². The number of carbonyl (C=O) groups is 1. The van der Waals surface area contributed by atoms with E-state index in [1.807, 2.05) is 42.5 Å². The predicted molar refractivity (Wildman–Crippen MR) is 119 cm³/mol. The fraction of sp³-hybridized carbons (Fsp3) is 0.261. The smallest absolute Gasteiger partial charge is 0.244 e. The number of hydrogen-bond acceptors (Lipinski definition) is 3. The van der Waals surface area contributed by atoms with Crippen LogP contribution < -0.4 is 5.32 Å². The molecular weight excluding hydrogens is 420 g/mol. The van der Waals surface area contributed by atoms with E-state index in [2.05, 4.69) is 5.32 Å². The van der Waals surface area contributed by atoms with Crippen LogP contribution in [0.15, 0.2) is 71.6 Å². The number of nitrogens with one attached hydrogen (secondary N) is 1. The van der Waals surface area contributed by atoms with Crippen LogP contribution in [0.2, 0.25) is 5.02 Å². The second-order valence-electron chi connectivity index (χ2n) is 7.49. The Hall–Kier alpha value is -2.41. The maximum absolute atomic E-state index is 13.0. The zero-order chi connectivity index (χ0) is 21.1. The highest BCUT2D eigenvalue weighted by molar-refractivity contribution is 7.89. The minimum atomic E-state index is -3.73. The van der Waals surface area contributed by atoms with Crippen LogP contribution in [0.1, 0.15) is 18.4 Å². The monoisotopic (exact) mass is 442 g/mol. The van der Waals surface area contributed by atoms with Crippen molar-refractivity contribution in [3.63, 3.8) is 0 Å². The third-order valence-electron chi connectivity index (χ3n) is 5.54. The molecule has 3 aromatic carbocycles. The van der Waals surface area contributed by atoms with Gasteiger partial charge in [0.1, 0.15) is 4.90 Å². The standard InChI is InChI=1S/C23H23ClN2O3S/c24-21-12-3-4-13-22(21)30(28,29)26-14-6-10-19(16-26)23(27)25-15-18-9-5-8-17-7-1-2-11-20(17)18/h1-5,7-9,11-13,19H,6,10,14-16H2,(H,25,27). The van der Waals surface area contributed by atoms with Crippen molar-refractivity contribution in [2.24, 2.45) is 5.92 Å². The van der Waals surface area contributed by atoms with Crippen molar-refractivity contribution in [1.29, 1.82) is 0 Å². The van der Waals surface area contributed by atoms with Gasteiger partial charge < -0.3 is 5.32 Å². The molecule has 0 aromatic heterocycles. The van der Waals surface area contributed by atoms with Crippen LogP contribution in [0.3, 0.4) is 0 Å². The summed E-state index contributed by atoms with van der Waals surface area (Å²) in [6.07, 6.45) is 1.30. The Bertz CT molecular complexity index is 1170. The summed E-state index contributed by atoms with van der Waals surface area (Å²) in [6, 6.07) is 20.5. The van der Waals surface area contributed by atoms with Gasteiger partial charge in [0.25, 0.3) is 0 Å². The number of carbonyl (C=O) groups excluding carboxylic acids is 1. The molecule has 4 rings (SSSR count). The molecule has 0 radical (unpaired) electrons. The van der Waals surface area contributed by atoms with E-state index in [-0.39, 0.29) is 28.3 Å². The fourth-order valence-electron chi connectivity index (χ4n) is 3.94. The quantitative estimate of drug-likeness (QED) is 0.643. The molecular formula is C23H23ClN2O3S. The highest BCUT2D eigenvalue weighted by Gasteiger charge is 2.34. The van der Waals surface area contributed by atoms with Crippen LogP contribution >= 0.6 is 11.6 Å². The number of halogens is 1. The Labute approximate surface area is 181 Å². The second-order valence-corrected chi connectivity index (χ2v) is 9.80. The molecule has 0 spiro atoms. The van der Waals surface area contributed by atoms with E-state index in [4.69, 9.17) is 11.6 Å². The van der Waals surface area contributed by atoms with Crippen molar-refractivity contribution in [2.45, 2.75) is 24.3 Å². The molecule has 1 fully saturated rings. The lowest BCUT2D eigenvalue weighted by molar-refractivity contribution is -0.126. The first-order chi connectivity index (χ1) is 14.5. The third kappa shape index (κ3) is 4.21. The largest absolute Gasteiger partial charge is 0.352 e. The molecule has 1 aliphatic rings. The molecule has 1 N–H and O–H groups in total. The number of benzene rings is 3. The first-order valence-electron chi connectivity index (χ1n) is 9.96. The highest BCUT2D eigenvalue weighted by Crippen LogP contribution is 2.28. The maximum atomic E-state index is 13.0. The van der Waals surface area contributed by atoms with Crippen molar-refractivity contribution in [3.05, 3.63) is 77.3 Å². The summed E-state index contributed by atoms with van der Waals surface area (Å²) >= 11 is 6.11. The molecule has 1 amide bonds. The van der Waals surface area contributed by atoms with Crippen LogP contribution in [0.5, 0.6) is 0 Å². The van der Waals surface area contributed by atoms with Crippen molar-refractivity contribution in [1.82, 2.24) is 9.62 Å². The van der Waals surface area contributed by atoms with Crippen molar-refractivity contribution < 1.29 is 13.2 Å². The summed E-state index contributed by atoms with van der Waals surface area (Å²) in [5.41, 5.74) is 1.04. The Balaban J connectivity index is 1.45. The Morgan fingerprint density at radius 1 is 1.03 bits per heavy atom. The maximum Gasteiger partial charge on any atom is 0.244 e. The number of rotatable bonds is 5. The van der Waals surface area contributed by atoms with Crippen LogP contribution in [-0.2, 0) is 21.4 Å². The Morgan fingerprint density at radius 2 is 1.77 bits per heavy atom. The summed E-state index contributed by atoms with van der Waals surface area (Å²) in [7, 11) is -3.73. The van der Waals surface area contributed by atoms with Gasteiger partial charge in [0.15, 0.2) is 0 Å². The first-order valence-corrected chi connectivity index (χ1v) is 11.8. The van der Waals surface area contributed by atoms with Gasteiger partial charge in [-0.05, 0) is 41.3 Å². The molecule has 1 atom stereocenters. The van der Waals surface area contributed by atoms with Crippen LogP contribution in [0.25, 0.3) is 10.8 Å². The third-order valence-corrected chi connectivity index (χ3v) is 7.91. The predicted octanol–water partition coefficient (Wildman–Crippen LogP) is 4.21. The zero-order valence-corrected chi connectivity index (χ0v) is 18.0. The Kier molecular flexibility index (Phi) is 6.09. The van der Waals surface area contributed by atoms with Crippen LogP contribution in [-0.4, -0.2) is 31.7 Å². The molecule has 3 aromatic rings. The lowest BCUT2D eigenvalue weighted by Gasteiger charge is -2.31. The summed E-state index contributed by atoms with van der Waals surface area (Å²) in [5, 5.41) is 5.42. The van der Waals surface area contributed by atoms with Gasteiger partial charge in [-0.25, -0.2) is 8.42 Å². The average molecular weight is 443 g/mol. The average Bonchev–Trinajstić information content (AvgIpc) is 2.77. The summed E-state index contributed by atoms with van der Waals surface area (Å²) in [5.74, 6) is -0.506. The topological polar surface area (TPSA) is 66.5 Å². The minimum absolute atomic E-state index is 0.0866. The molecule has 0 aliphatic carbocycles. The summed E-state index contributed by atoms with van der Waals surface area (Å²) < 4.78 is 27.4. The van der Waals surface area contributed by atoms with Gasteiger partial charge in [-0.1, -0.05) is 66.2 Å². The van der Waals surface area contributed by atoms with Gasteiger partial charge in [-0.3, -0.25) is 4.79 Å². The van der Waals surface area contributed by atoms with Gasteiger partial charge in [0.2, 0.25) is 15.9 Å². The molecule has 1 unspecified atom stereocenters. The van der Waals surface area contributed by atoms with E-state index >= 15 is 0 Å². The molecule has 1 saturated heterocycles. The van der Waals surface area contributed by atoms with E-state index in [1.54, 1.807) is 18.2 Å². The van der Waals surface area contributed by atoms with E-state index in [0.29, 0.717) is 25.9 Å².